The highest BCUT2D eigenvalue weighted by Crippen LogP contribution is 2.36. The lowest BCUT2D eigenvalue weighted by Crippen LogP contribution is -2.67. The smallest absolute Gasteiger partial charge is 0.0507 e. The molecule has 3 nitrogen and oxygen atoms in total. The first-order valence-corrected chi connectivity index (χ1v) is 9.05. The number of ether oxygens (including phenoxy) is 1. The van der Waals surface area contributed by atoms with E-state index in [1.165, 1.54) is 51.6 Å². The van der Waals surface area contributed by atoms with Crippen molar-refractivity contribution in [3.8, 4) is 0 Å². The molecule has 3 heteroatoms. The van der Waals surface area contributed by atoms with Crippen molar-refractivity contribution in [2.45, 2.75) is 70.9 Å². The van der Waals surface area contributed by atoms with E-state index in [0.717, 1.165) is 25.7 Å². The monoisotopic (exact) mass is 294 g/mol. The van der Waals surface area contributed by atoms with Crippen LogP contribution in [0, 0.1) is 11.3 Å². The van der Waals surface area contributed by atoms with E-state index in [2.05, 4.69) is 31.0 Å². The maximum absolute atomic E-state index is 5.61. The van der Waals surface area contributed by atoms with Gasteiger partial charge < -0.3 is 10.1 Å². The summed E-state index contributed by atoms with van der Waals surface area (Å²) >= 11 is 0. The van der Waals surface area contributed by atoms with E-state index in [1.54, 1.807) is 0 Å². The molecule has 0 bridgehead atoms. The van der Waals surface area contributed by atoms with Gasteiger partial charge in [-0.3, -0.25) is 4.90 Å². The van der Waals surface area contributed by atoms with Crippen LogP contribution < -0.4 is 5.32 Å². The van der Waals surface area contributed by atoms with Gasteiger partial charge >= 0.3 is 0 Å². The van der Waals surface area contributed by atoms with E-state index >= 15 is 0 Å². The molecule has 122 valence electrons. The van der Waals surface area contributed by atoms with Gasteiger partial charge in [0.05, 0.1) is 6.61 Å². The average molecular weight is 294 g/mol. The number of nitrogens with one attached hydrogen (secondary N) is 1. The highest BCUT2D eigenvalue weighted by atomic mass is 16.5. The molecule has 0 aromatic heterocycles. The van der Waals surface area contributed by atoms with Crippen LogP contribution in [0.2, 0.25) is 0 Å². The highest BCUT2D eigenvalue weighted by molar-refractivity contribution is 5.02. The lowest BCUT2D eigenvalue weighted by atomic mass is 9.75. The van der Waals surface area contributed by atoms with Crippen molar-refractivity contribution in [2.75, 3.05) is 32.8 Å². The van der Waals surface area contributed by atoms with Gasteiger partial charge in [0, 0.05) is 37.8 Å². The summed E-state index contributed by atoms with van der Waals surface area (Å²) in [5.41, 5.74) is 0.766. The maximum atomic E-state index is 5.61. The second-order valence-corrected chi connectivity index (χ2v) is 8.76. The van der Waals surface area contributed by atoms with Gasteiger partial charge in [-0.05, 0) is 30.6 Å². The standard InChI is InChI=1S/C18H34N2O/c1-17(2,3)16-11-19-18(8-5-4-6-9-18)14-20(16)12-15-7-10-21-13-15/h15-16,19H,4-14H2,1-3H3. The fraction of sp³-hybridized carbons (Fsp3) is 1.00. The Labute approximate surface area is 130 Å². The van der Waals surface area contributed by atoms with Crippen molar-refractivity contribution >= 4 is 0 Å². The van der Waals surface area contributed by atoms with Crippen LogP contribution in [0.4, 0.5) is 0 Å². The third kappa shape index (κ3) is 3.62. The molecular weight excluding hydrogens is 260 g/mol. The van der Waals surface area contributed by atoms with Crippen LogP contribution in [0.3, 0.4) is 0 Å². The van der Waals surface area contributed by atoms with E-state index < -0.39 is 0 Å². The highest BCUT2D eigenvalue weighted by Gasteiger charge is 2.43. The summed E-state index contributed by atoms with van der Waals surface area (Å²) in [6.07, 6.45) is 8.26. The van der Waals surface area contributed by atoms with Crippen LogP contribution in [0.1, 0.15) is 59.3 Å². The quantitative estimate of drug-likeness (QED) is 0.847. The van der Waals surface area contributed by atoms with Gasteiger partial charge in [0.1, 0.15) is 0 Å². The Bertz CT molecular complexity index is 338. The van der Waals surface area contributed by atoms with Gasteiger partial charge in [-0.1, -0.05) is 40.0 Å². The van der Waals surface area contributed by atoms with Gasteiger partial charge in [0.2, 0.25) is 0 Å². The molecule has 2 unspecified atom stereocenters. The second-order valence-electron chi connectivity index (χ2n) is 8.76. The summed E-state index contributed by atoms with van der Waals surface area (Å²) in [4.78, 5) is 2.82. The van der Waals surface area contributed by atoms with Gasteiger partial charge in [-0.2, -0.15) is 0 Å². The molecule has 0 aromatic rings. The van der Waals surface area contributed by atoms with Crippen LogP contribution in [0.15, 0.2) is 0 Å². The summed E-state index contributed by atoms with van der Waals surface area (Å²) in [5.74, 6) is 0.758. The molecule has 1 spiro atoms. The largest absolute Gasteiger partial charge is 0.381 e. The average Bonchev–Trinajstić information content (AvgIpc) is 2.91. The first-order valence-electron chi connectivity index (χ1n) is 9.05. The van der Waals surface area contributed by atoms with Crippen LogP contribution in [-0.4, -0.2) is 49.3 Å². The van der Waals surface area contributed by atoms with Gasteiger partial charge in [0.25, 0.3) is 0 Å². The Kier molecular flexibility index (Phi) is 4.63. The first-order chi connectivity index (χ1) is 9.99. The topological polar surface area (TPSA) is 24.5 Å². The molecule has 2 atom stereocenters. The minimum atomic E-state index is 0.350. The molecule has 1 aliphatic carbocycles. The first kappa shape index (κ1) is 15.8. The number of hydrogen-bond donors (Lipinski definition) is 1. The van der Waals surface area contributed by atoms with Crippen LogP contribution in [0.5, 0.6) is 0 Å². The van der Waals surface area contributed by atoms with E-state index in [0.29, 0.717) is 17.0 Å². The fourth-order valence-electron chi connectivity index (χ4n) is 4.67. The molecule has 21 heavy (non-hydrogen) atoms. The van der Waals surface area contributed by atoms with Crippen molar-refractivity contribution in [1.82, 2.24) is 10.2 Å². The van der Waals surface area contributed by atoms with E-state index in [4.69, 9.17) is 4.74 Å². The number of nitrogens with zero attached hydrogens (tertiary/aromatic N) is 1. The summed E-state index contributed by atoms with van der Waals surface area (Å²) in [7, 11) is 0. The normalized spacial score (nSPS) is 34.4. The van der Waals surface area contributed by atoms with Gasteiger partial charge in [-0.15, -0.1) is 0 Å². The molecule has 0 aromatic carbocycles. The van der Waals surface area contributed by atoms with E-state index in [9.17, 15) is 0 Å². The molecule has 3 aliphatic rings. The Balaban J connectivity index is 1.71. The summed E-state index contributed by atoms with van der Waals surface area (Å²) in [5, 5.41) is 3.97. The SMILES string of the molecule is CC(C)(C)C1CNC2(CCCCC2)CN1CC1CCOC1. The molecule has 0 radical (unpaired) electrons. The molecule has 2 heterocycles. The summed E-state index contributed by atoms with van der Waals surface area (Å²) in [6, 6.07) is 0.658. The number of piperazine rings is 1. The molecular formula is C18H34N2O. The number of hydrogen-bond acceptors (Lipinski definition) is 3. The predicted octanol–water partition coefficient (Wildman–Crippen LogP) is 3.05. The van der Waals surface area contributed by atoms with E-state index in [-0.39, 0.29) is 0 Å². The Morgan fingerprint density at radius 2 is 1.95 bits per heavy atom. The zero-order chi connectivity index (χ0) is 14.9. The van der Waals surface area contributed by atoms with Crippen LogP contribution >= 0.6 is 0 Å². The van der Waals surface area contributed by atoms with Crippen LogP contribution in [-0.2, 0) is 4.74 Å². The van der Waals surface area contributed by atoms with Crippen LogP contribution in [0.25, 0.3) is 0 Å². The second kappa shape index (κ2) is 6.17. The summed E-state index contributed by atoms with van der Waals surface area (Å²) in [6.45, 7) is 12.8. The van der Waals surface area contributed by atoms with Gasteiger partial charge in [0.15, 0.2) is 0 Å². The Morgan fingerprint density at radius 3 is 2.57 bits per heavy atom. The summed E-state index contributed by atoms with van der Waals surface area (Å²) < 4.78 is 5.61. The lowest BCUT2D eigenvalue weighted by Gasteiger charge is -2.53. The molecule has 2 aliphatic heterocycles. The third-order valence-corrected chi connectivity index (χ3v) is 5.94. The minimum Gasteiger partial charge on any atom is -0.381 e. The molecule has 0 amide bonds. The molecule has 2 saturated heterocycles. The Hall–Kier alpha value is -0.120. The van der Waals surface area contributed by atoms with Crippen molar-refractivity contribution in [3.63, 3.8) is 0 Å². The van der Waals surface area contributed by atoms with E-state index in [1.807, 2.05) is 0 Å². The minimum absolute atomic E-state index is 0.350. The zero-order valence-corrected chi connectivity index (χ0v) is 14.3. The molecule has 3 rings (SSSR count). The Morgan fingerprint density at radius 1 is 1.19 bits per heavy atom. The molecule has 1 N–H and O–H groups in total. The number of rotatable bonds is 2. The van der Waals surface area contributed by atoms with Crippen molar-refractivity contribution in [3.05, 3.63) is 0 Å². The third-order valence-electron chi connectivity index (χ3n) is 5.94. The van der Waals surface area contributed by atoms with Crippen molar-refractivity contribution in [1.29, 1.82) is 0 Å². The predicted molar refractivity (Wildman–Crippen MR) is 87.6 cm³/mol. The van der Waals surface area contributed by atoms with Gasteiger partial charge in [-0.25, -0.2) is 0 Å². The van der Waals surface area contributed by atoms with Crippen molar-refractivity contribution in [2.24, 2.45) is 11.3 Å². The lowest BCUT2D eigenvalue weighted by molar-refractivity contribution is -0.00165. The molecule has 3 fully saturated rings. The fourth-order valence-corrected chi connectivity index (χ4v) is 4.67. The zero-order valence-electron chi connectivity index (χ0n) is 14.3. The van der Waals surface area contributed by atoms with Crippen molar-refractivity contribution < 1.29 is 4.74 Å². The maximum Gasteiger partial charge on any atom is 0.0507 e. The molecule has 1 saturated carbocycles.